The molecule has 0 aliphatic carbocycles. The van der Waals surface area contributed by atoms with Gasteiger partial charge in [0.05, 0.1) is 17.1 Å². The second-order valence-corrected chi connectivity index (χ2v) is 4.59. The van der Waals surface area contributed by atoms with Crippen molar-refractivity contribution in [3.8, 4) is 5.69 Å². The summed E-state index contributed by atoms with van der Waals surface area (Å²) in [4.78, 5) is 11.3. The molecule has 2 rings (SSSR count). The Hall–Kier alpha value is -0.704. The molecule has 1 amide bonds. The zero-order valence-electron chi connectivity index (χ0n) is 16.5. The largest absolute Gasteiger partial charge is 1.00 e. The number of nitrogen functional groups attached to an aromatic ring is 1. The number of nitrogens with zero attached hydrogens (tertiary/aromatic N) is 2. The first-order chi connectivity index (χ1) is 11.5. The van der Waals surface area contributed by atoms with Crippen molar-refractivity contribution >= 4 is 11.6 Å². The molecule has 0 saturated carbocycles. The van der Waals surface area contributed by atoms with E-state index in [0.717, 1.165) is 17.5 Å². The monoisotopic (exact) mass is 372 g/mol. The second-order valence-electron chi connectivity index (χ2n) is 4.59. The molecule has 0 aliphatic rings. The van der Waals surface area contributed by atoms with Gasteiger partial charge in [-0.2, -0.15) is 5.10 Å². The number of amides is 1. The molecule has 4 N–H and O–H groups in total. The summed E-state index contributed by atoms with van der Waals surface area (Å²) in [5, 5.41) is 15.4. The van der Waals surface area contributed by atoms with Crippen LogP contribution in [-0.2, 0) is 13.0 Å². The van der Waals surface area contributed by atoms with Gasteiger partial charge in [-0.1, -0.05) is 47.3 Å². The van der Waals surface area contributed by atoms with Crippen LogP contribution in [0.25, 0.3) is 5.69 Å². The van der Waals surface area contributed by atoms with E-state index in [9.17, 15) is 9.90 Å². The standard InChI is InChI=1S/C14H17N4O2.2C2H6.K/c1-3-9-6-10(5-4-8(9)2)18-11(7-19)12(15)13(17-18)14(16)20;2*1-2;/h4-6H,3,7,15H2,1-2H3,(H2,16,20);2*1-2H3;/q-1;;;+1. The molecule has 1 aromatic heterocycles. The minimum absolute atomic E-state index is 0. The van der Waals surface area contributed by atoms with Gasteiger partial charge in [-0.05, 0) is 36.6 Å². The Bertz CT molecular complexity index is 669. The number of primary amides is 1. The number of aromatic nitrogens is 2. The van der Waals surface area contributed by atoms with Crippen molar-refractivity contribution in [1.29, 1.82) is 0 Å². The van der Waals surface area contributed by atoms with Crippen LogP contribution in [0.4, 0.5) is 5.69 Å². The number of carbonyl (C=O) groups is 1. The molecule has 0 bridgehead atoms. The fourth-order valence-corrected chi connectivity index (χ4v) is 2.17. The van der Waals surface area contributed by atoms with Gasteiger partial charge >= 0.3 is 51.4 Å². The van der Waals surface area contributed by atoms with Gasteiger partial charge in [0.15, 0.2) is 5.69 Å². The van der Waals surface area contributed by atoms with E-state index in [1.807, 2.05) is 59.7 Å². The number of nitrogens with two attached hydrogens (primary N) is 2. The summed E-state index contributed by atoms with van der Waals surface area (Å²) in [5.74, 6) is -0.737. The number of hydrogen-bond donors (Lipinski definition) is 2. The Balaban J connectivity index is 0. The van der Waals surface area contributed by atoms with Crippen LogP contribution in [0.2, 0.25) is 0 Å². The van der Waals surface area contributed by atoms with Gasteiger partial charge in [-0.25, -0.2) is 4.68 Å². The number of rotatable bonds is 4. The van der Waals surface area contributed by atoms with Crippen LogP contribution >= 0.6 is 0 Å². The summed E-state index contributed by atoms with van der Waals surface area (Å²) in [6, 6.07) is 5.72. The molecule has 7 heteroatoms. The maximum atomic E-state index is 11.3. The Kier molecular flexibility index (Phi) is 14.3. The number of carbonyl (C=O) groups excluding carboxylic acids is 1. The third-order valence-electron chi connectivity index (χ3n) is 3.35. The van der Waals surface area contributed by atoms with Gasteiger partial charge in [0.25, 0.3) is 5.91 Å². The van der Waals surface area contributed by atoms with Gasteiger partial charge in [-0.3, -0.25) is 4.79 Å². The maximum absolute atomic E-state index is 11.3. The quantitative estimate of drug-likeness (QED) is 0.694. The van der Waals surface area contributed by atoms with Crippen LogP contribution in [0.1, 0.15) is 61.9 Å². The minimum Gasteiger partial charge on any atom is -0.850 e. The fraction of sp³-hybridized carbons (Fsp3) is 0.444. The molecule has 1 aromatic carbocycles. The van der Waals surface area contributed by atoms with Crippen molar-refractivity contribution in [3.05, 3.63) is 40.7 Å². The molecule has 0 saturated heterocycles. The minimum atomic E-state index is -0.737. The van der Waals surface area contributed by atoms with Gasteiger partial charge in [0, 0.05) is 0 Å². The summed E-state index contributed by atoms with van der Waals surface area (Å²) in [6.45, 7) is 11.5. The zero-order valence-corrected chi connectivity index (χ0v) is 19.6. The van der Waals surface area contributed by atoms with Crippen LogP contribution in [-0.4, -0.2) is 15.7 Å². The van der Waals surface area contributed by atoms with E-state index in [2.05, 4.69) is 5.10 Å². The van der Waals surface area contributed by atoms with Crippen molar-refractivity contribution in [2.75, 3.05) is 5.73 Å². The first kappa shape index (κ1) is 26.5. The van der Waals surface area contributed by atoms with Gasteiger partial charge < -0.3 is 16.6 Å². The number of aryl methyl sites for hydroxylation is 2. The molecule has 0 unspecified atom stereocenters. The molecule has 0 spiro atoms. The van der Waals surface area contributed by atoms with Gasteiger partial charge in [0.2, 0.25) is 0 Å². The zero-order chi connectivity index (χ0) is 18.9. The number of hydrogen-bond acceptors (Lipinski definition) is 4. The Labute approximate surface area is 193 Å². The van der Waals surface area contributed by atoms with E-state index in [4.69, 9.17) is 11.5 Å². The normalized spacial score (nSPS) is 9.08. The summed E-state index contributed by atoms with van der Waals surface area (Å²) < 4.78 is 1.40. The topological polar surface area (TPSA) is 110 Å². The predicted molar refractivity (Wildman–Crippen MR) is 97.0 cm³/mol. The Morgan fingerprint density at radius 3 is 2.24 bits per heavy atom. The van der Waals surface area contributed by atoms with E-state index in [1.165, 1.54) is 4.68 Å². The van der Waals surface area contributed by atoms with Crippen LogP contribution in [0, 0.1) is 6.92 Å². The molecular formula is C18H29KN4O2. The van der Waals surface area contributed by atoms with Crippen molar-refractivity contribution in [2.45, 2.75) is 54.6 Å². The molecular weight excluding hydrogens is 343 g/mol. The summed E-state index contributed by atoms with van der Waals surface area (Å²) in [5.41, 5.74) is 14.3. The molecule has 0 radical (unpaired) electrons. The summed E-state index contributed by atoms with van der Waals surface area (Å²) in [6.07, 6.45) is 0.867. The SMILES string of the molecule is CC.CC.CCc1cc(-n2nc(C(N)=O)c(N)c2C[O-])ccc1C.[K+]. The van der Waals surface area contributed by atoms with Crippen molar-refractivity contribution < 1.29 is 61.3 Å². The third-order valence-corrected chi connectivity index (χ3v) is 3.35. The van der Waals surface area contributed by atoms with Crippen LogP contribution < -0.4 is 68.0 Å². The smallest absolute Gasteiger partial charge is 0.850 e. The van der Waals surface area contributed by atoms with Crippen LogP contribution in [0.5, 0.6) is 0 Å². The van der Waals surface area contributed by atoms with Crippen molar-refractivity contribution in [2.24, 2.45) is 5.73 Å². The molecule has 0 aliphatic heterocycles. The third kappa shape index (κ3) is 6.51. The first-order valence-electron chi connectivity index (χ1n) is 8.34. The van der Waals surface area contributed by atoms with E-state index in [0.29, 0.717) is 5.69 Å². The molecule has 1 heterocycles. The molecule has 0 atom stereocenters. The maximum Gasteiger partial charge on any atom is 1.00 e. The Morgan fingerprint density at radius 1 is 1.24 bits per heavy atom. The van der Waals surface area contributed by atoms with Gasteiger partial charge in [0.1, 0.15) is 0 Å². The number of benzene rings is 1. The second kappa shape index (κ2) is 13.5. The Morgan fingerprint density at radius 2 is 1.80 bits per heavy atom. The average molecular weight is 373 g/mol. The molecule has 134 valence electrons. The van der Waals surface area contributed by atoms with Crippen LogP contribution in [0.3, 0.4) is 0 Å². The van der Waals surface area contributed by atoms with E-state index in [-0.39, 0.29) is 68.5 Å². The number of anilines is 1. The van der Waals surface area contributed by atoms with Crippen molar-refractivity contribution in [1.82, 2.24) is 9.78 Å². The first-order valence-corrected chi connectivity index (χ1v) is 8.34. The summed E-state index contributed by atoms with van der Waals surface area (Å²) in [7, 11) is 0. The predicted octanol–water partition coefficient (Wildman–Crippen LogP) is -0.659. The molecule has 6 nitrogen and oxygen atoms in total. The molecule has 2 aromatic rings. The van der Waals surface area contributed by atoms with E-state index >= 15 is 0 Å². The fourth-order valence-electron chi connectivity index (χ4n) is 2.17. The molecule has 0 fully saturated rings. The molecule has 25 heavy (non-hydrogen) atoms. The van der Waals surface area contributed by atoms with Gasteiger partial charge in [-0.15, -0.1) is 0 Å². The van der Waals surface area contributed by atoms with Crippen LogP contribution in [0.15, 0.2) is 18.2 Å². The average Bonchev–Trinajstić information content (AvgIpc) is 2.95. The van der Waals surface area contributed by atoms with Crippen molar-refractivity contribution in [3.63, 3.8) is 0 Å². The van der Waals surface area contributed by atoms with E-state index < -0.39 is 12.5 Å². The van der Waals surface area contributed by atoms with E-state index in [1.54, 1.807) is 0 Å². The summed E-state index contributed by atoms with van der Waals surface area (Å²) >= 11 is 0.